The molecule has 0 N–H and O–H groups in total. The summed E-state index contributed by atoms with van der Waals surface area (Å²) in [4.78, 5) is 3.92. The standard InChI is InChI=1S/C14H15N/c1-4-15-11-12(2)10-13(3)14-8-6-5-7-9-14/h4-9,11H,1-3,10H2. The lowest BCUT2D eigenvalue weighted by Crippen LogP contribution is -1.87. The van der Waals surface area contributed by atoms with Crippen LogP contribution in [0.3, 0.4) is 0 Å². The SMILES string of the molecule is C=CN=CC(=C)CC(=C)c1ccccc1. The third kappa shape index (κ3) is 3.77. The van der Waals surface area contributed by atoms with Gasteiger partial charge in [-0.3, -0.25) is 4.99 Å². The zero-order chi connectivity index (χ0) is 11.1. The molecule has 1 aromatic rings. The van der Waals surface area contributed by atoms with Crippen LogP contribution in [0.4, 0.5) is 0 Å². The second kappa shape index (κ2) is 5.76. The molecule has 0 aliphatic heterocycles. The lowest BCUT2D eigenvalue weighted by atomic mass is 10.0. The van der Waals surface area contributed by atoms with Crippen molar-refractivity contribution < 1.29 is 0 Å². The van der Waals surface area contributed by atoms with Gasteiger partial charge in [0.2, 0.25) is 0 Å². The van der Waals surface area contributed by atoms with Crippen molar-refractivity contribution in [2.45, 2.75) is 6.42 Å². The zero-order valence-corrected chi connectivity index (χ0v) is 8.82. The van der Waals surface area contributed by atoms with Gasteiger partial charge in [-0.1, -0.05) is 50.1 Å². The number of rotatable bonds is 5. The van der Waals surface area contributed by atoms with Crippen LogP contribution in [0.1, 0.15) is 12.0 Å². The van der Waals surface area contributed by atoms with Gasteiger partial charge in [0.15, 0.2) is 0 Å². The van der Waals surface area contributed by atoms with Crippen LogP contribution in [0, 0.1) is 0 Å². The minimum absolute atomic E-state index is 0.737. The number of benzene rings is 1. The molecule has 0 radical (unpaired) electrons. The molecule has 1 rings (SSSR count). The van der Waals surface area contributed by atoms with Gasteiger partial charge < -0.3 is 0 Å². The number of hydrogen-bond acceptors (Lipinski definition) is 1. The van der Waals surface area contributed by atoms with E-state index in [1.807, 2.05) is 30.3 Å². The molecule has 0 bridgehead atoms. The molecule has 1 aromatic carbocycles. The molecule has 0 unspecified atom stereocenters. The molecule has 1 nitrogen and oxygen atoms in total. The van der Waals surface area contributed by atoms with Crippen LogP contribution in [0.15, 0.2) is 66.8 Å². The van der Waals surface area contributed by atoms with Gasteiger partial charge in [0.25, 0.3) is 0 Å². The van der Waals surface area contributed by atoms with Gasteiger partial charge in [-0.05, 0) is 23.1 Å². The van der Waals surface area contributed by atoms with E-state index in [1.165, 1.54) is 6.20 Å². The van der Waals surface area contributed by atoms with E-state index >= 15 is 0 Å². The van der Waals surface area contributed by atoms with Crippen molar-refractivity contribution in [1.82, 2.24) is 0 Å². The highest BCUT2D eigenvalue weighted by Gasteiger charge is 1.98. The van der Waals surface area contributed by atoms with Crippen LogP contribution < -0.4 is 0 Å². The number of hydrogen-bond donors (Lipinski definition) is 0. The highest BCUT2D eigenvalue weighted by atomic mass is 14.7. The maximum Gasteiger partial charge on any atom is 0.0297 e. The normalized spacial score (nSPS) is 10.1. The molecular formula is C14H15N. The first kappa shape index (κ1) is 11.2. The largest absolute Gasteiger partial charge is 0.265 e. The predicted molar refractivity (Wildman–Crippen MR) is 67.9 cm³/mol. The number of allylic oxidation sites excluding steroid dienone is 2. The van der Waals surface area contributed by atoms with Gasteiger partial charge in [0, 0.05) is 12.4 Å². The average molecular weight is 197 g/mol. The fourth-order valence-corrected chi connectivity index (χ4v) is 1.25. The lowest BCUT2D eigenvalue weighted by Gasteiger charge is -2.04. The van der Waals surface area contributed by atoms with Gasteiger partial charge in [-0.25, -0.2) is 0 Å². The monoisotopic (exact) mass is 197 g/mol. The minimum atomic E-state index is 0.737. The Morgan fingerprint density at radius 3 is 2.47 bits per heavy atom. The van der Waals surface area contributed by atoms with Gasteiger partial charge in [0.05, 0.1) is 0 Å². The molecule has 15 heavy (non-hydrogen) atoms. The van der Waals surface area contributed by atoms with E-state index in [0.29, 0.717) is 0 Å². The van der Waals surface area contributed by atoms with Crippen molar-refractivity contribution in [1.29, 1.82) is 0 Å². The zero-order valence-electron chi connectivity index (χ0n) is 8.82. The van der Waals surface area contributed by atoms with E-state index in [0.717, 1.165) is 23.1 Å². The lowest BCUT2D eigenvalue weighted by molar-refractivity contribution is 1.35. The molecular weight excluding hydrogens is 182 g/mol. The molecule has 0 heterocycles. The molecule has 1 heteroatoms. The van der Waals surface area contributed by atoms with Crippen molar-refractivity contribution in [3.8, 4) is 0 Å². The molecule has 0 aromatic heterocycles. The van der Waals surface area contributed by atoms with E-state index in [-0.39, 0.29) is 0 Å². The summed E-state index contributed by atoms with van der Waals surface area (Å²) in [5.74, 6) is 0. The summed E-state index contributed by atoms with van der Waals surface area (Å²) in [6.07, 6.45) is 3.94. The summed E-state index contributed by atoms with van der Waals surface area (Å²) in [6, 6.07) is 10.1. The average Bonchev–Trinajstić information content (AvgIpc) is 2.27. The van der Waals surface area contributed by atoms with Crippen LogP contribution >= 0.6 is 0 Å². The van der Waals surface area contributed by atoms with Crippen molar-refractivity contribution in [2.75, 3.05) is 0 Å². The first-order valence-electron chi connectivity index (χ1n) is 4.79. The van der Waals surface area contributed by atoms with Gasteiger partial charge >= 0.3 is 0 Å². The molecule has 0 fully saturated rings. The molecule has 0 amide bonds. The smallest absolute Gasteiger partial charge is 0.0297 e. The van der Waals surface area contributed by atoms with Crippen molar-refractivity contribution >= 4 is 11.8 Å². The van der Waals surface area contributed by atoms with Crippen molar-refractivity contribution in [2.24, 2.45) is 4.99 Å². The third-order valence-electron chi connectivity index (χ3n) is 1.99. The summed E-state index contributed by atoms with van der Waals surface area (Å²) in [7, 11) is 0. The van der Waals surface area contributed by atoms with Gasteiger partial charge in [0.1, 0.15) is 0 Å². The van der Waals surface area contributed by atoms with Crippen LogP contribution in [-0.2, 0) is 0 Å². The third-order valence-corrected chi connectivity index (χ3v) is 1.99. The molecule has 76 valence electrons. The maximum absolute atomic E-state index is 4.02. The molecule has 0 aliphatic rings. The van der Waals surface area contributed by atoms with E-state index < -0.39 is 0 Å². The highest BCUT2D eigenvalue weighted by molar-refractivity contribution is 5.82. The Morgan fingerprint density at radius 2 is 1.87 bits per heavy atom. The molecule has 0 aliphatic carbocycles. The molecule has 0 atom stereocenters. The van der Waals surface area contributed by atoms with Crippen LogP contribution in [0.25, 0.3) is 5.57 Å². The second-order valence-electron chi connectivity index (χ2n) is 3.27. The summed E-state index contributed by atoms with van der Waals surface area (Å²) in [5.41, 5.74) is 3.13. The maximum atomic E-state index is 4.02. The summed E-state index contributed by atoms with van der Waals surface area (Å²) in [6.45, 7) is 11.4. The minimum Gasteiger partial charge on any atom is -0.265 e. The Hall–Kier alpha value is -1.89. The first-order chi connectivity index (χ1) is 7.24. The fraction of sp³-hybridized carbons (Fsp3) is 0.0714. The predicted octanol–water partition coefficient (Wildman–Crippen LogP) is 3.86. The Kier molecular flexibility index (Phi) is 4.30. The summed E-state index contributed by atoms with van der Waals surface area (Å²) in [5, 5.41) is 0. The topological polar surface area (TPSA) is 12.4 Å². The van der Waals surface area contributed by atoms with E-state index in [2.05, 4.69) is 24.7 Å². The van der Waals surface area contributed by atoms with Crippen molar-refractivity contribution in [3.05, 3.63) is 67.4 Å². The Balaban J connectivity index is 2.61. The Labute approximate surface area is 91.2 Å². The van der Waals surface area contributed by atoms with Crippen LogP contribution in [-0.4, -0.2) is 6.21 Å². The van der Waals surface area contributed by atoms with Crippen molar-refractivity contribution in [3.63, 3.8) is 0 Å². The van der Waals surface area contributed by atoms with Gasteiger partial charge in [-0.2, -0.15) is 0 Å². The molecule has 0 saturated carbocycles. The molecule has 0 saturated heterocycles. The van der Waals surface area contributed by atoms with Crippen LogP contribution in [0.2, 0.25) is 0 Å². The summed E-state index contributed by atoms with van der Waals surface area (Å²) < 4.78 is 0. The highest BCUT2D eigenvalue weighted by Crippen LogP contribution is 2.18. The summed E-state index contributed by atoms with van der Waals surface area (Å²) >= 11 is 0. The second-order valence-corrected chi connectivity index (χ2v) is 3.27. The Bertz CT molecular complexity index is 385. The number of nitrogens with zero attached hydrogens (tertiary/aromatic N) is 1. The van der Waals surface area contributed by atoms with E-state index in [4.69, 9.17) is 0 Å². The quantitative estimate of drug-likeness (QED) is 0.635. The van der Waals surface area contributed by atoms with Crippen LogP contribution in [0.5, 0.6) is 0 Å². The van der Waals surface area contributed by atoms with E-state index in [9.17, 15) is 0 Å². The van der Waals surface area contributed by atoms with Gasteiger partial charge in [-0.15, -0.1) is 0 Å². The first-order valence-corrected chi connectivity index (χ1v) is 4.79. The fourth-order valence-electron chi connectivity index (χ4n) is 1.25. The Morgan fingerprint density at radius 1 is 1.20 bits per heavy atom. The molecule has 0 spiro atoms. The number of aliphatic imine (C=N–C) groups is 1. The van der Waals surface area contributed by atoms with E-state index in [1.54, 1.807) is 6.21 Å².